The zero-order valence-corrected chi connectivity index (χ0v) is 9.21. The first-order valence-electron chi connectivity index (χ1n) is 5.45. The number of nitrogens with zero attached hydrogens (tertiary/aromatic N) is 2. The number of aromatic amines is 2. The molecule has 0 unspecified atom stereocenters. The van der Waals surface area contributed by atoms with E-state index in [2.05, 4.69) is 26.9 Å². The lowest BCUT2D eigenvalue weighted by molar-refractivity contribution is 0.700. The number of aromatic nitrogens is 4. The second-order valence-electron chi connectivity index (χ2n) is 3.79. The van der Waals surface area contributed by atoms with E-state index in [1.165, 1.54) is 12.8 Å². The fourth-order valence-electron chi connectivity index (χ4n) is 1.64. The molecule has 0 radical (unpaired) electrons. The highest BCUT2D eigenvalue weighted by molar-refractivity contribution is 5.80. The minimum absolute atomic E-state index is 0.296. The maximum Gasteiger partial charge on any atom is 0.348 e. The summed E-state index contributed by atoms with van der Waals surface area (Å²) in [6.45, 7) is 2.15. The molecule has 6 nitrogen and oxygen atoms in total. The third kappa shape index (κ3) is 2.05. The van der Waals surface area contributed by atoms with Crippen molar-refractivity contribution in [2.45, 2.75) is 32.6 Å². The number of unbranched alkanes of at least 4 members (excludes halogenated alkanes) is 2. The molecular weight excluding hydrogens is 206 g/mol. The van der Waals surface area contributed by atoms with Gasteiger partial charge in [-0.3, -0.25) is 4.98 Å². The van der Waals surface area contributed by atoms with Gasteiger partial charge in [-0.25, -0.2) is 9.78 Å². The van der Waals surface area contributed by atoms with Crippen LogP contribution in [0.25, 0.3) is 11.2 Å². The smallest absolute Gasteiger partial charge is 0.348 e. The van der Waals surface area contributed by atoms with Gasteiger partial charge in [0.05, 0.1) is 0 Å². The van der Waals surface area contributed by atoms with E-state index in [0.717, 1.165) is 18.7 Å². The van der Waals surface area contributed by atoms with E-state index in [1.807, 2.05) is 0 Å². The molecule has 0 aromatic carbocycles. The molecule has 0 fully saturated rings. The molecule has 6 heteroatoms. The lowest BCUT2D eigenvalue weighted by Gasteiger charge is -1.94. The Bertz CT molecular complexity index is 542. The van der Waals surface area contributed by atoms with Gasteiger partial charge in [0.2, 0.25) is 0 Å². The molecule has 0 bridgehead atoms. The topological polar surface area (TPSA) is 100 Å². The van der Waals surface area contributed by atoms with Gasteiger partial charge in [-0.15, -0.1) is 0 Å². The Kier molecular flexibility index (Phi) is 2.89. The van der Waals surface area contributed by atoms with Crippen molar-refractivity contribution in [2.75, 3.05) is 5.73 Å². The molecular formula is C10H15N5O. The number of fused-ring (bicyclic) bond motifs is 1. The molecule has 0 aliphatic carbocycles. The average molecular weight is 221 g/mol. The minimum atomic E-state index is -0.461. The number of anilines is 1. The number of rotatable bonds is 4. The van der Waals surface area contributed by atoms with Crippen LogP contribution >= 0.6 is 0 Å². The van der Waals surface area contributed by atoms with Crippen LogP contribution in [0, 0.1) is 0 Å². The van der Waals surface area contributed by atoms with Crippen LogP contribution in [-0.2, 0) is 6.42 Å². The van der Waals surface area contributed by atoms with Gasteiger partial charge < -0.3 is 10.7 Å². The second-order valence-corrected chi connectivity index (χ2v) is 3.79. The van der Waals surface area contributed by atoms with Crippen LogP contribution < -0.4 is 11.4 Å². The van der Waals surface area contributed by atoms with Crippen molar-refractivity contribution in [1.29, 1.82) is 0 Å². The van der Waals surface area contributed by atoms with Gasteiger partial charge in [0.25, 0.3) is 0 Å². The van der Waals surface area contributed by atoms with Crippen molar-refractivity contribution in [3.8, 4) is 0 Å². The third-order valence-electron chi connectivity index (χ3n) is 2.47. The van der Waals surface area contributed by atoms with E-state index in [1.54, 1.807) is 0 Å². The maximum atomic E-state index is 11.1. The number of hydrogen-bond donors (Lipinski definition) is 3. The summed E-state index contributed by atoms with van der Waals surface area (Å²) in [4.78, 5) is 24.6. The SMILES string of the molecule is CCCCCc1nc2nc(=O)[nH]c(N)c2[nH]1. The second kappa shape index (κ2) is 4.34. The molecule has 0 aliphatic rings. The summed E-state index contributed by atoms with van der Waals surface area (Å²) in [7, 11) is 0. The van der Waals surface area contributed by atoms with Crippen molar-refractivity contribution in [3.05, 3.63) is 16.3 Å². The highest BCUT2D eigenvalue weighted by Gasteiger charge is 2.07. The third-order valence-corrected chi connectivity index (χ3v) is 2.47. The molecule has 2 heterocycles. The first kappa shape index (κ1) is 10.7. The number of nitrogens with one attached hydrogen (secondary N) is 2. The van der Waals surface area contributed by atoms with Gasteiger partial charge in [0, 0.05) is 6.42 Å². The number of H-pyrrole nitrogens is 2. The summed E-state index contributed by atoms with van der Waals surface area (Å²) in [6, 6.07) is 0. The summed E-state index contributed by atoms with van der Waals surface area (Å²) >= 11 is 0. The minimum Gasteiger partial charge on any atom is -0.383 e. The van der Waals surface area contributed by atoms with Crippen LogP contribution in [0.4, 0.5) is 5.82 Å². The highest BCUT2D eigenvalue weighted by Crippen LogP contribution is 2.13. The fraction of sp³-hybridized carbons (Fsp3) is 0.500. The molecule has 16 heavy (non-hydrogen) atoms. The fourth-order valence-corrected chi connectivity index (χ4v) is 1.64. The summed E-state index contributed by atoms with van der Waals surface area (Å²) in [5, 5.41) is 0. The molecule has 2 aromatic heterocycles. The van der Waals surface area contributed by atoms with E-state index in [4.69, 9.17) is 5.73 Å². The van der Waals surface area contributed by atoms with Gasteiger partial charge in [0.15, 0.2) is 5.65 Å². The molecule has 0 atom stereocenters. The maximum absolute atomic E-state index is 11.1. The van der Waals surface area contributed by atoms with Gasteiger partial charge in [-0.05, 0) is 6.42 Å². The first-order valence-corrected chi connectivity index (χ1v) is 5.45. The van der Waals surface area contributed by atoms with Crippen LogP contribution in [0.3, 0.4) is 0 Å². The largest absolute Gasteiger partial charge is 0.383 e. The van der Waals surface area contributed by atoms with Gasteiger partial charge in [-0.2, -0.15) is 4.98 Å². The van der Waals surface area contributed by atoms with Crippen LogP contribution in [0.15, 0.2) is 4.79 Å². The number of nitrogen functional groups attached to an aromatic ring is 1. The summed E-state index contributed by atoms with van der Waals surface area (Å²) in [6.07, 6.45) is 4.26. The van der Waals surface area contributed by atoms with Gasteiger partial charge in [0.1, 0.15) is 17.2 Å². The van der Waals surface area contributed by atoms with Gasteiger partial charge in [-0.1, -0.05) is 19.8 Å². The molecule has 0 amide bonds. The quantitative estimate of drug-likeness (QED) is 0.669. The van der Waals surface area contributed by atoms with E-state index in [0.29, 0.717) is 17.0 Å². The predicted molar refractivity (Wildman–Crippen MR) is 62.2 cm³/mol. The van der Waals surface area contributed by atoms with Crippen molar-refractivity contribution in [3.63, 3.8) is 0 Å². The Morgan fingerprint density at radius 3 is 2.81 bits per heavy atom. The monoisotopic (exact) mass is 221 g/mol. The Labute approximate surface area is 92.3 Å². The highest BCUT2D eigenvalue weighted by atomic mass is 16.1. The molecule has 0 aliphatic heterocycles. The Morgan fingerprint density at radius 2 is 2.06 bits per heavy atom. The van der Waals surface area contributed by atoms with Crippen LogP contribution in [-0.4, -0.2) is 19.9 Å². The number of nitrogens with two attached hydrogens (primary N) is 1. The van der Waals surface area contributed by atoms with Crippen LogP contribution in [0.5, 0.6) is 0 Å². The number of hydrogen-bond acceptors (Lipinski definition) is 4. The molecule has 0 saturated carbocycles. The van der Waals surface area contributed by atoms with Gasteiger partial charge >= 0.3 is 5.69 Å². The lowest BCUT2D eigenvalue weighted by atomic mass is 10.2. The summed E-state index contributed by atoms with van der Waals surface area (Å²) in [5.41, 5.74) is 6.21. The van der Waals surface area contributed by atoms with Crippen molar-refractivity contribution < 1.29 is 0 Å². The standard InChI is InChI=1S/C10H15N5O/c1-2-3-4-5-6-12-7-8(11)14-10(16)15-9(7)13-6/h2-5H2,1H3,(H4,11,12,13,14,15,16). The Hall–Kier alpha value is -1.85. The molecule has 86 valence electrons. The zero-order chi connectivity index (χ0) is 11.5. The van der Waals surface area contributed by atoms with Crippen molar-refractivity contribution in [2.24, 2.45) is 0 Å². The molecule has 0 spiro atoms. The van der Waals surface area contributed by atoms with Crippen molar-refractivity contribution in [1.82, 2.24) is 19.9 Å². The predicted octanol–water partition coefficient (Wildman–Crippen LogP) is 0.961. The molecule has 2 aromatic rings. The molecule has 2 rings (SSSR count). The average Bonchev–Trinajstić information content (AvgIpc) is 2.61. The van der Waals surface area contributed by atoms with E-state index in [9.17, 15) is 4.79 Å². The Morgan fingerprint density at radius 1 is 1.25 bits per heavy atom. The van der Waals surface area contributed by atoms with Crippen LogP contribution in [0.2, 0.25) is 0 Å². The normalized spacial score (nSPS) is 11.1. The van der Waals surface area contributed by atoms with E-state index >= 15 is 0 Å². The number of imidazole rings is 1. The summed E-state index contributed by atoms with van der Waals surface area (Å²) < 4.78 is 0. The van der Waals surface area contributed by atoms with E-state index in [-0.39, 0.29) is 0 Å². The zero-order valence-electron chi connectivity index (χ0n) is 9.21. The summed E-state index contributed by atoms with van der Waals surface area (Å²) in [5.74, 6) is 1.13. The van der Waals surface area contributed by atoms with Crippen molar-refractivity contribution >= 4 is 17.0 Å². The first-order chi connectivity index (χ1) is 7.70. The van der Waals surface area contributed by atoms with E-state index < -0.39 is 5.69 Å². The van der Waals surface area contributed by atoms with Crippen LogP contribution in [0.1, 0.15) is 32.0 Å². The number of aryl methyl sites for hydroxylation is 1. The molecule has 0 saturated heterocycles. The Balaban J connectivity index is 2.29. The lowest BCUT2D eigenvalue weighted by Crippen LogP contribution is -2.12. The molecule has 4 N–H and O–H groups in total.